The highest BCUT2D eigenvalue weighted by molar-refractivity contribution is 5.80. The van der Waals surface area contributed by atoms with Gasteiger partial charge in [-0.1, -0.05) is 30.3 Å². The zero-order valence-electron chi connectivity index (χ0n) is 13.1. The van der Waals surface area contributed by atoms with Gasteiger partial charge in [-0.05, 0) is 37.7 Å². The zero-order valence-corrected chi connectivity index (χ0v) is 13.1. The van der Waals surface area contributed by atoms with Crippen LogP contribution in [0.15, 0.2) is 35.3 Å². The van der Waals surface area contributed by atoms with Gasteiger partial charge in [0.15, 0.2) is 5.96 Å². The van der Waals surface area contributed by atoms with Gasteiger partial charge in [0.25, 0.3) is 0 Å². The van der Waals surface area contributed by atoms with Gasteiger partial charge in [0, 0.05) is 26.8 Å². The molecule has 4 nitrogen and oxygen atoms in total. The van der Waals surface area contributed by atoms with Gasteiger partial charge >= 0.3 is 0 Å². The number of aliphatic imine (C=N–C) groups is 1. The molecular weight excluding hydrogens is 262 g/mol. The molecule has 1 atom stereocenters. The summed E-state index contributed by atoms with van der Waals surface area (Å²) in [5.74, 6) is 1.69. The molecule has 0 aliphatic heterocycles. The van der Waals surface area contributed by atoms with E-state index in [1.165, 1.54) is 18.4 Å². The van der Waals surface area contributed by atoms with E-state index in [2.05, 4.69) is 46.8 Å². The Morgan fingerprint density at radius 2 is 2.10 bits per heavy atom. The van der Waals surface area contributed by atoms with Crippen LogP contribution in [0.4, 0.5) is 0 Å². The molecule has 4 heteroatoms. The first kappa shape index (κ1) is 15.8. The SMILES string of the molecule is CN=C(NCCCOCC1CC1)NC(C)c1ccccc1. The number of benzene rings is 1. The van der Waals surface area contributed by atoms with Gasteiger partial charge in [0.1, 0.15) is 0 Å². The predicted molar refractivity (Wildman–Crippen MR) is 87.5 cm³/mol. The molecule has 1 unspecified atom stereocenters. The maximum absolute atomic E-state index is 5.62. The fraction of sp³-hybridized carbons (Fsp3) is 0.588. The van der Waals surface area contributed by atoms with Gasteiger partial charge in [-0.25, -0.2) is 0 Å². The molecule has 1 saturated carbocycles. The Kier molecular flexibility index (Phi) is 6.54. The van der Waals surface area contributed by atoms with E-state index in [-0.39, 0.29) is 6.04 Å². The van der Waals surface area contributed by atoms with Crippen LogP contribution in [-0.4, -0.2) is 32.8 Å². The summed E-state index contributed by atoms with van der Waals surface area (Å²) in [5.41, 5.74) is 1.26. The number of hydrogen-bond acceptors (Lipinski definition) is 2. The number of rotatable bonds is 8. The number of nitrogens with one attached hydrogen (secondary N) is 2. The van der Waals surface area contributed by atoms with E-state index in [1.807, 2.05) is 6.07 Å². The summed E-state index contributed by atoms with van der Waals surface area (Å²) < 4.78 is 5.62. The van der Waals surface area contributed by atoms with Crippen LogP contribution in [0.1, 0.15) is 37.8 Å². The highest BCUT2D eigenvalue weighted by atomic mass is 16.5. The standard InChI is InChI=1S/C17H27N3O/c1-14(16-7-4-3-5-8-16)20-17(18-2)19-11-6-12-21-13-15-9-10-15/h3-5,7-8,14-15H,6,9-13H2,1-2H3,(H2,18,19,20). The molecule has 116 valence electrons. The van der Waals surface area contributed by atoms with E-state index in [9.17, 15) is 0 Å². The summed E-state index contributed by atoms with van der Waals surface area (Å²) in [5, 5.41) is 6.73. The third-order valence-corrected chi connectivity index (χ3v) is 3.68. The van der Waals surface area contributed by atoms with Crippen LogP contribution >= 0.6 is 0 Å². The van der Waals surface area contributed by atoms with Crippen molar-refractivity contribution < 1.29 is 4.74 Å². The number of ether oxygens (including phenoxy) is 1. The second kappa shape index (κ2) is 8.67. The maximum atomic E-state index is 5.62. The number of hydrogen-bond donors (Lipinski definition) is 2. The minimum Gasteiger partial charge on any atom is -0.381 e. The monoisotopic (exact) mass is 289 g/mol. The van der Waals surface area contributed by atoms with E-state index >= 15 is 0 Å². The van der Waals surface area contributed by atoms with Gasteiger partial charge in [-0.3, -0.25) is 4.99 Å². The normalized spacial score (nSPS) is 16.6. The molecule has 0 radical (unpaired) electrons. The molecule has 1 aromatic carbocycles. The summed E-state index contributed by atoms with van der Waals surface area (Å²) in [7, 11) is 1.80. The van der Waals surface area contributed by atoms with Crippen molar-refractivity contribution in [2.24, 2.45) is 10.9 Å². The first-order chi connectivity index (χ1) is 10.3. The minimum absolute atomic E-state index is 0.239. The van der Waals surface area contributed by atoms with Crippen molar-refractivity contribution in [3.05, 3.63) is 35.9 Å². The lowest BCUT2D eigenvalue weighted by Crippen LogP contribution is -2.39. The Bertz CT molecular complexity index is 429. The molecule has 1 aliphatic carbocycles. The van der Waals surface area contributed by atoms with Crippen LogP contribution in [-0.2, 0) is 4.74 Å². The maximum Gasteiger partial charge on any atom is 0.191 e. The molecule has 0 saturated heterocycles. The summed E-state index contributed by atoms with van der Waals surface area (Å²) in [4.78, 5) is 4.26. The first-order valence-corrected chi connectivity index (χ1v) is 7.89. The highest BCUT2D eigenvalue weighted by Crippen LogP contribution is 2.28. The van der Waals surface area contributed by atoms with Crippen LogP contribution in [0.25, 0.3) is 0 Å². The topological polar surface area (TPSA) is 45.7 Å². The summed E-state index contributed by atoms with van der Waals surface area (Å²) >= 11 is 0. The molecule has 21 heavy (non-hydrogen) atoms. The van der Waals surface area contributed by atoms with Crippen molar-refractivity contribution in [1.29, 1.82) is 0 Å². The molecule has 1 aliphatic rings. The number of nitrogens with zero attached hydrogens (tertiary/aromatic N) is 1. The molecule has 2 rings (SSSR count). The molecule has 0 aromatic heterocycles. The Morgan fingerprint density at radius 1 is 1.33 bits per heavy atom. The van der Waals surface area contributed by atoms with Gasteiger partial charge < -0.3 is 15.4 Å². The van der Waals surface area contributed by atoms with Gasteiger partial charge in [-0.2, -0.15) is 0 Å². The second-order valence-corrected chi connectivity index (χ2v) is 5.65. The molecular formula is C17H27N3O. The van der Waals surface area contributed by atoms with Crippen molar-refractivity contribution in [3.63, 3.8) is 0 Å². The molecule has 1 fully saturated rings. The Morgan fingerprint density at radius 3 is 2.76 bits per heavy atom. The molecule has 0 spiro atoms. The molecule has 0 amide bonds. The molecule has 0 bridgehead atoms. The molecule has 2 N–H and O–H groups in total. The first-order valence-electron chi connectivity index (χ1n) is 7.89. The largest absolute Gasteiger partial charge is 0.381 e. The summed E-state index contributed by atoms with van der Waals surface area (Å²) in [6.45, 7) is 4.79. The van der Waals surface area contributed by atoms with Crippen molar-refractivity contribution in [2.45, 2.75) is 32.2 Å². The van der Waals surface area contributed by atoms with E-state index < -0.39 is 0 Å². The van der Waals surface area contributed by atoms with Crippen molar-refractivity contribution >= 4 is 5.96 Å². The number of guanidine groups is 1. The van der Waals surface area contributed by atoms with Gasteiger partial charge in [0.2, 0.25) is 0 Å². The van der Waals surface area contributed by atoms with Crippen molar-refractivity contribution in [2.75, 3.05) is 26.8 Å². The molecule has 1 aromatic rings. The van der Waals surface area contributed by atoms with Crippen molar-refractivity contribution in [3.8, 4) is 0 Å². The van der Waals surface area contributed by atoms with E-state index in [1.54, 1.807) is 7.05 Å². The average Bonchev–Trinajstić information content (AvgIpc) is 3.34. The average molecular weight is 289 g/mol. The smallest absolute Gasteiger partial charge is 0.191 e. The fourth-order valence-electron chi connectivity index (χ4n) is 2.14. The third-order valence-electron chi connectivity index (χ3n) is 3.68. The van der Waals surface area contributed by atoms with Gasteiger partial charge in [-0.15, -0.1) is 0 Å². The van der Waals surface area contributed by atoms with Crippen LogP contribution in [0.5, 0.6) is 0 Å². The van der Waals surface area contributed by atoms with Crippen LogP contribution < -0.4 is 10.6 Å². The van der Waals surface area contributed by atoms with Crippen molar-refractivity contribution in [1.82, 2.24) is 10.6 Å². The Balaban J connectivity index is 1.61. The quantitative estimate of drug-likeness (QED) is 0.439. The Hall–Kier alpha value is -1.55. The molecule has 0 heterocycles. The van der Waals surface area contributed by atoms with Gasteiger partial charge in [0.05, 0.1) is 6.04 Å². The van der Waals surface area contributed by atoms with E-state index in [0.717, 1.165) is 38.1 Å². The predicted octanol–water partition coefficient (Wildman–Crippen LogP) is 2.73. The van der Waals surface area contributed by atoms with Crippen LogP contribution in [0.2, 0.25) is 0 Å². The minimum atomic E-state index is 0.239. The lowest BCUT2D eigenvalue weighted by atomic mass is 10.1. The lowest BCUT2D eigenvalue weighted by Gasteiger charge is -2.18. The second-order valence-electron chi connectivity index (χ2n) is 5.65. The lowest BCUT2D eigenvalue weighted by molar-refractivity contribution is 0.123. The van der Waals surface area contributed by atoms with Crippen LogP contribution in [0, 0.1) is 5.92 Å². The Labute approximate surface area is 128 Å². The van der Waals surface area contributed by atoms with Crippen LogP contribution in [0.3, 0.4) is 0 Å². The zero-order chi connectivity index (χ0) is 14.9. The van der Waals surface area contributed by atoms with E-state index in [0.29, 0.717) is 0 Å². The highest BCUT2D eigenvalue weighted by Gasteiger charge is 2.20. The summed E-state index contributed by atoms with van der Waals surface area (Å²) in [6, 6.07) is 10.6. The summed E-state index contributed by atoms with van der Waals surface area (Å²) in [6.07, 6.45) is 3.71. The third kappa shape index (κ3) is 6.17. The van der Waals surface area contributed by atoms with E-state index in [4.69, 9.17) is 4.74 Å². The fourth-order valence-corrected chi connectivity index (χ4v) is 2.14.